The van der Waals surface area contributed by atoms with E-state index in [2.05, 4.69) is 0 Å². The van der Waals surface area contributed by atoms with Crippen molar-refractivity contribution in [3.63, 3.8) is 0 Å². The van der Waals surface area contributed by atoms with Gasteiger partial charge in [-0.25, -0.2) is 0 Å². The molecule has 2 heteroatoms. The highest BCUT2D eigenvalue weighted by Gasteiger charge is 2.20. The summed E-state index contributed by atoms with van der Waals surface area (Å²) in [5.74, 6) is 1.67. The fourth-order valence-electron chi connectivity index (χ4n) is 0.833. The minimum atomic E-state index is 0.771. The van der Waals surface area contributed by atoms with Crippen LogP contribution in [0.5, 0.6) is 0 Å². The molecule has 1 aliphatic carbocycles. The highest BCUT2D eigenvalue weighted by Crippen LogP contribution is 2.28. The molecule has 0 aliphatic heterocycles. The van der Waals surface area contributed by atoms with E-state index in [0.29, 0.717) is 0 Å². The first-order valence-electron chi connectivity index (χ1n) is 4.07. The second-order valence-electron chi connectivity index (χ2n) is 2.91. The average Bonchev–Trinajstić information content (AvgIpc) is 2.71. The fraction of sp³-hybridized carbons (Fsp3) is 1.00. The molecule has 0 amide bonds. The Morgan fingerprint density at radius 2 is 2.10 bits per heavy atom. The molecule has 1 saturated carbocycles. The molecule has 10 heavy (non-hydrogen) atoms. The van der Waals surface area contributed by atoms with Crippen LogP contribution in [0.4, 0.5) is 0 Å². The monoisotopic (exact) mass is 162 g/mol. The molecule has 60 valence electrons. The third-order valence-corrected chi connectivity index (χ3v) is 1.99. The van der Waals surface area contributed by atoms with Crippen molar-refractivity contribution in [2.45, 2.75) is 25.7 Å². The Hall–Kier alpha value is 0.250. The Balaban J connectivity index is 1.68. The molecule has 1 nitrogen and oxygen atoms in total. The lowest BCUT2D eigenvalue weighted by Crippen LogP contribution is -1.98. The second kappa shape index (κ2) is 4.97. The highest BCUT2D eigenvalue weighted by atomic mass is 35.5. The molecule has 0 unspecified atom stereocenters. The summed E-state index contributed by atoms with van der Waals surface area (Å²) in [6.07, 6.45) is 4.98. The molecule has 0 atom stereocenters. The maximum Gasteiger partial charge on any atom is 0.0494 e. The number of hydrogen-bond donors (Lipinski definition) is 0. The third-order valence-electron chi connectivity index (χ3n) is 1.72. The number of rotatable bonds is 6. The molecular weight excluding hydrogens is 148 g/mol. The lowest BCUT2D eigenvalue weighted by atomic mass is 10.3. The van der Waals surface area contributed by atoms with Crippen molar-refractivity contribution >= 4 is 11.6 Å². The summed E-state index contributed by atoms with van der Waals surface area (Å²) in [6.45, 7) is 1.89. The zero-order valence-electron chi connectivity index (χ0n) is 6.31. The molecule has 0 aromatic rings. The summed E-state index contributed by atoms with van der Waals surface area (Å²) in [5.41, 5.74) is 0. The zero-order valence-corrected chi connectivity index (χ0v) is 7.07. The van der Waals surface area contributed by atoms with Gasteiger partial charge < -0.3 is 4.74 Å². The smallest absolute Gasteiger partial charge is 0.0494 e. The quantitative estimate of drug-likeness (QED) is 0.431. The lowest BCUT2D eigenvalue weighted by molar-refractivity contribution is 0.122. The summed E-state index contributed by atoms with van der Waals surface area (Å²) in [4.78, 5) is 0. The molecule has 0 radical (unpaired) electrons. The van der Waals surface area contributed by atoms with E-state index in [1.165, 1.54) is 12.8 Å². The highest BCUT2D eigenvalue weighted by molar-refractivity contribution is 6.17. The largest absolute Gasteiger partial charge is 0.381 e. The Kier molecular flexibility index (Phi) is 4.15. The van der Waals surface area contributed by atoms with Crippen LogP contribution >= 0.6 is 11.6 Å². The summed E-state index contributed by atoms with van der Waals surface area (Å²) >= 11 is 5.50. The summed E-state index contributed by atoms with van der Waals surface area (Å²) < 4.78 is 5.40. The van der Waals surface area contributed by atoms with Gasteiger partial charge in [0.05, 0.1) is 0 Å². The molecule has 0 saturated heterocycles. The van der Waals surface area contributed by atoms with E-state index in [1.54, 1.807) is 0 Å². The van der Waals surface area contributed by atoms with Crippen LogP contribution in [0, 0.1) is 5.92 Å². The van der Waals surface area contributed by atoms with Crippen molar-refractivity contribution in [3.05, 3.63) is 0 Å². The van der Waals surface area contributed by atoms with Crippen LogP contribution in [0.3, 0.4) is 0 Å². The van der Waals surface area contributed by atoms with Gasteiger partial charge in [0.1, 0.15) is 0 Å². The Morgan fingerprint density at radius 3 is 2.70 bits per heavy atom. The van der Waals surface area contributed by atoms with Crippen LogP contribution in [0.25, 0.3) is 0 Å². The first kappa shape index (κ1) is 8.35. The molecule has 0 heterocycles. The first-order valence-corrected chi connectivity index (χ1v) is 4.60. The number of halogens is 1. The molecule has 1 rings (SSSR count). The van der Waals surface area contributed by atoms with Crippen LogP contribution in [0.2, 0.25) is 0 Å². The lowest BCUT2D eigenvalue weighted by Gasteiger charge is -2.00. The van der Waals surface area contributed by atoms with Crippen LogP contribution in [-0.2, 0) is 4.74 Å². The van der Waals surface area contributed by atoms with Crippen molar-refractivity contribution in [2.75, 3.05) is 19.1 Å². The van der Waals surface area contributed by atoms with E-state index >= 15 is 0 Å². The Morgan fingerprint density at radius 1 is 1.30 bits per heavy atom. The predicted molar refractivity (Wildman–Crippen MR) is 43.5 cm³/mol. The van der Waals surface area contributed by atoms with Gasteiger partial charge in [0.2, 0.25) is 0 Å². The van der Waals surface area contributed by atoms with Crippen molar-refractivity contribution in [3.8, 4) is 0 Å². The zero-order chi connectivity index (χ0) is 7.23. The minimum Gasteiger partial charge on any atom is -0.381 e. The average molecular weight is 163 g/mol. The van der Waals surface area contributed by atoms with E-state index in [9.17, 15) is 0 Å². The maximum absolute atomic E-state index is 5.50. The number of ether oxygens (including phenoxy) is 1. The van der Waals surface area contributed by atoms with E-state index in [4.69, 9.17) is 16.3 Å². The standard InChI is InChI=1S/C8H15ClO/c9-5-1-2-6-10-7-8-3-4-8/h8H,1-7H2. The molecule has 0 aromatic carbocycles. The summed E-state index contributed by atoms with van der Waals surface area (Å²) in [5, 5.41) is 0. The van der Waals surface area contributed by atoms with Gasteiger partial charge in [0.15, 0.2) is 0 Å². The van der Waals surface area contributed by atoms with Crippen LogP contribution in [0.15, 0.2) is 0 Å². The van der Waals surface area contributed by atoms with E-state index in [0.717, 1.165) is 37.9 Å². The van der Waals surface area contributed by atoms with E-state index in [-0.39, 0.29) is 0 Å². The van der Waals surface area contributed by atoms with Gasteiger partial charge in [-0.3, -0.25) is 0 Å². The first-order chi connectivity index (χ1) is 4.93. The van der Waals surface area contributed by atoms with Crippen LogP contribution in [-0.4, -0.2) is 19.1 Å². The molecule has 1 aliphatic rings. The second-order valence-corrected chi connectivity index (χ2v) is 3.29. The molecule has 0 aromatic heterocycles. The third kappa shape index (κ3) is 4.13. The number of hydrogen-bond acceptors (Lipinski definition) is 1. The Labute approximate surface area is 67.7 Å². The van der Waals surface area contributed by atoms with Crippen molar-refractivity contribution in [1.82, 2.24) is 0 Å². The van der Waals surface area contributed by atoms with Gasteiger partial charge >= 0.3 is 0 Å². The normalized spacial score (nSPS) is 17.7. The molecule has 0 N–H and O–H groups in total. The van der Waals surface area contributed by atoms with Gasteiger partial charge in [-0.2, -0.15) is 0 Å². The molecular formula is C8H15ClO. The minimum absolute atomic E-state index is 0.771. The fourth-order valence-corrected chi connectivity index (χ4v) is 1.02. The number of unbranched alkanes of at least 4 members (excludes halogenated alkanes) is 1. The maximum atomic E-state index is 5.50. The van der Waals surface area contributed by atoms with E-state index in [1.807, 2.05) is 0 Å². The summed E-state index contributed by atoms with van der Waals surface area (Å²) in [7, 11) is 0. The molecule has 1 fully saturated rings. The SMILES string of the molecule is ClCCCCOCC1CC1. The molecule has 0 bridgehead atoms. The van der Waals surface area contributed by atoms with Gasteiger partial charge in [-0.15, -0.1) is 11.6 Å². The number of alkyl halides is 1. The van der Waals surface area contributed by atoms with Gasteiger partial charge in [-0.1, -0.05) is 0 Å². The van der Waals surface area contributed by atoms with Gasteiger partial charge in [-0.05, 0) is 31.6 Å². The van der Waals surface area contributed by atoms with Crippen LogP contribution < -0.4 is 0 Å². The topological polar surface area (TPSA) is 9.23 Å². The summed E-state index contributed by atoms with van der Waals surface area (Å²) in [6, 6.07) is 0. The predicted octanol–water partition coefficient (Wildman–Crippen LogP) is 2.43. The Bertz CT molecular complexity index is 81.3. The van der Waals surface area contributed by atoms with Crippen molar-refractivity contribution in [1.29, 1.82) is 0 Å². The van der Waals surface area contributed by atoms with E-state index < -0.39 is 0 Å². The molecule has 0 spiro atoms. The van der Waals surface area contributed by atoms with Crippen molar-refractivity contribution < 1.29 is 4.74 Å². The van der Waals surface area contributed by atoms with Crippen molar-refractivity contribution in [2.24, 2.45) is 5.92 Å². The van der Waals surface area contributed by atoms with Gasteiger partial charge in [0.25, 0.3) is 0 Å². The van der Waals surface area contributed by atoms with Crippen LogP contribution in [0.1, 0.15) is 25.7 Å². The van der Waals surface area contributed by atoms with Gasteiger partial charge in [0, 0.05) is 19.1 Å².